The Kier molecular flexibility index (Phi) is 3.50. The molecule has 3 rings (SSSR count). The van der Waals surface area contributed by atoms with Gasteiger partial charge in [0.25, 0.3) is 11.5 Å². The van der Waals surface area contributed by atoms with Crippen LogP contribution in [0.15, 0.2) is 53.5 Å². The van der Waals surface area contributed by atoms with Gasteiger partial charge in [-0.05, 0) is 31.2 Å². The van der Waals surface area contributed by atoms with Crippen LogP contribution < -0.4 is 5.56 Å². The van der Waals surface area contributed by atoms with E-state index in [4.69, 9.17) is 0 Å². The standard InChI is InChI=1S/C17H12N2O4/c1-10(20)13-14(21)12-8-5-9-18-15(12)19(17(13)23)16(22)11-6-3-2-4-7-11/h2-9,21H,1H3. The Labute approximate surface area is 130 Å². The van der Waals surface area contributed by atoms with E-state index in [0.717, 1.165) is 11.5 Å². The summed E-state index contributed by atoms with van der Waals surface area (Å²) >= 11 is 0. The molecular weight excluding hydrogens is 296 g/mol. The zero-order valence-electron chi connectivity index (χ0n) is 12.2. The van der Waals surface area contributed by atoms with Crippen LogP contribution in [0, 0.1) is 0 Å². The van der Waals surface area contributed by atoms with Gasteiger partial charge < -0.3 is 5.11 Å². The molecule has 114 valence electrons. The molecule has 0 radical (unpaired) electrons. The molecule has 0 bridgehead atoms. The summed E-state index contributed by atoms with van der Waals surface area (Å²) in [5, 5.41) is 10.4. The van der Waals surface area contributed by atoms with Crippen LogP contribution >= 0.6 is 0 Å². The quantitative estimate of drug-likeness (QED) is 0.731. The second kappa shape index (κ2) is 5.49. The van der Waals surface area contributed by atoms with E-state index in [-0.39, 0.29) is 16.6 Å². The lowest BCUT2D eigenvalue weighted by Crippen LogP contribution is -2.32. The minimum Gasteiger partial charge on any atom is -0.506 e. The molecule has 1 aromatic carbocycles. The molecule has 2 heterocycles. The van der Waals surface area contributed by atoms with Crippen LogP contribution in [0.1, 0.15) is 27.6 Å². The van der Waals surface area contributed by atoms with Gasteiger partial charge in [-0.15, -0.1) is 0 Å². The van der Waals surface area contributed by atoms with Gasteiger partial charge in [-0.2, -0.15) is 0 Å². The molecule has 6 nitrogen and oxygen atoms in total. The lowest BCUT2D eigenvalue weighted by atomic mass is 10.1. The van der Waals surface area contributed by atoms with Gasteiger partial charge >= 0.3 is 0 Å². The van der Waals surface area contributed by atoms with E-state index in [9.17, 15) is 19.5 Å². The molecule has 0 amide bonds. The molecule has 1 N–H and O–H groups in total. The Hall–Kier alpha value is -3.28. The third kappa shape index (κ3) is 2.30. The third-order valence-electron chi connectivity index (χ3n) is 3.48. The normalized spacial score (nSPS) is 10.7. The minimum atomic E-state index is -0.880. The Morgan fingerprint density at radius 2 is 1.78 bits per heavy atom. The maximum absolute atomic E-state index is 12.7. The van der Waals surface area contributed by atoms with Crippen LogP contribution in [0.3, 0.4) is 0 Å². The van der Waals surface area contributed by atoms with Crippen LogP contribution in [-0.2, 0) is 0 Å². The maximum Gasteiger partial charge on any atom is 0.273 e. The van der Waals surface area contributed by atoms with Gasteiger partial charge in [0.1, 0.15) is 11.3 Å². The summed E-state index contributed by atoms with van der Waals surface area (Å²) in [5.41, 5.74) is -1.01. The second-order valence-electron chi connectivity index (χ2n) is 4.97. The highest BCUT2D eigenvalue weighted by atomic mass is 16.3. The van der Waals surface area contributed by atoms with Crippen molar-refractivity contribution in [2.24, 2.45) is 0 Å². The lowest BCUT2D eigenvalue weighted by Gasteiger charge is -2.11. The number of nitrogens with zero attached hydrogens (tertiary/aromatic N) is 2. The Morgan fingerprint density at radius 1 is 1.09 bits per heavy atom. The van der Waals surface area contributed by atoms with Crippen LogP contribution in [0.4, 0.5) is 0 Å². The molecule has 0 spiro atoms. The van der Waals surface area contributed by atoms with Gasteiger partial charge in [0, 0.05) is 11.8 Å². The monoisotopic (exact) mass is 308 g/mol. The number of pyridine rings is 2. The maximum atomic E-state index is 12.7. The highest BCUT2D eigenvalue weighted by Crippen LogP contribution is 2.25. The minimum absolute atomic E-state index is 0.00820. The Balaban J connectivity index is 2.43. The first-order valence-corrected chi connectivity index (χ1v) is 6.85. The Bertz CT molecular complexity index is 991. The summed E-state index contributed by atoms with van der Waals surface area (Å²) in [6.45, 7) is 1.16. The molecule has 0 saturated heterocycles. The van der Waals surface area contributed by atoms with E-state index >= 15 is 0 Å². The number of fused-ring (bicyclic) bond motifs is 1. The van der Waals surface area contributed by atoms with Crippen molar-refractivity contribution in [2.45, 2.75) is 6.92 Å². The number of ketones is 1. The van der Waals surface area contributed by atoms with Crippen molar-refractivity contribution in [2.75, 3.05) is 0 Å². The molecule has 0 aliphatic carbocycles. The van der Waals surface area contributed by atoms with Crippen LogP contribution in [0.2, 0.25) is 0 Å². The number of benzene rings is 1. The van der Waals surface area contributed by atoms with Crippen LogP contribution in [0.5, 0.6) is 5.75 Å². The van der Waals surface area contributed by atoms with Crippen molar-refractivity contribution >= 4 is 22.7 Å². The van der Waals surface area contributed by atoms with Gasteiger partial charge in [-0.3, -0.25) is 14.4 Å². The molecule has 0 aliphatic rings. The predicted octanol–water partition coefficient (Wildman–Crippen LogP) is 1.99. The first-order valence-electron chi connectivity index (χ1n) is 6.85. The van der Waals surface area contributed by atoms with E-state index < -0.39 is 28.6 Å². The summed E-state index contributed by atoms with van der Waals surface area (Å²) < 4.78 is 0.821. The van der Waals surface area contributed by atoms with Gasteiger partial charge in [-0.25, -0.2) is 9.55 Å². The average Bonchev–Trinajstić information content (AvgIpc) is 2.55. The van der Waals surface area contributed by atoms with Gasteiger partial charge in [0.15, 0.2) is 11.4 Å². The van der Waals surface area contributed by atoms with Crippen LogP contribution in [0.25, 0.3) is 11.0 Å². The highest BCUT2D eigenvalue weighted by Gasteiger charge is 2.23. The van der Waals surface area contributed by atoms with E-state index in [2.05, 4.69) is 4.98 Å². The fourth-order valence-electron chi connectivity index (χ4n) is 2.42. The number of Topliss-reactive ketones (excluding diaryl/α,β-unsaturated/α-hetero) is 1. The molecule has 6 heteroatoms. The number of rotatable bonds is 2. The van der Waals surface area contributed by atoms with Gasteiger partial charge in [0.2, 0.25) is 0 Å². The molecule has 3 aromatic rings. The zero-order chi connectivity index (χ0) is 16.6. The third-order valence-corrected chi connectivity index (χ3v) is 3.48. The van der Waals surface area contributed by atoms with Crippen molar-refractivity contribution in [1.29, 1.82) is 0 Å². The number of carbonyl (C=O) groups is 2. The molecule has 0 fully saturated rings. The van der Waals surface area contributed by atoms with E-state index in [1.807, 2.05) is 0 Å². The van der Waals surface area contributed by atoms with Crippen LogP contribution in [-0.4, -0.2) is 26.3 Å². The Morgan fingerprint density at radius 3 is 2.43 bits per heavy atom. The number of hydrogen-bond donors (Lipinski definition) is 1. The molecule has 0 aliphatic heterocycles. The molecule has 0 atom stereocenters. The van der Waals surface area contributed by atoms with Gasteiger partial charge in [0.05, 0.1) is 5.39 Å². The lowest BCUT2D eigenvalue weighted by molar-refractivity contribution is 0.0959. The fraction of sp³-hybridized carbons (Fsp3) is 0.0588. The van der Waals surface area contributed by atoms with E-state index in [1.54, 1.807) is 36.4 Å². The predicted molar refractivity (Wildman–Crippen MR) is 83.8 cm³/mol. The average molecular weight is 308 g/mol. The number of aromatic nitrogens is 2. The second-order valence-corrected chi connectivity index (χ2v) is 4.97. The molecule has 2 aromatic heterocycles. The first-order chi connectivity index (χ1) is 11.0. The fourth-order valence-corrected chi connectivity index (χ4v) is 2.42. The topological polar surface area (TPSA) is 89.3 Å². The molecule has 0 saturated carbocycles. The SMILES string of the molecule is CC(=O)c1c(O)c2cccnc2n(C(=O)c2ccccc2)c1=O. The van der Waals surface area contributed by atoms with Gasteiger partial charge in [-0.1, -0.05) is 18.2 Å². The van der Waals surface area contributed by atoms with Crippen molar-refractivity contribution in [1.82, 2.24) is 9.55 Å². The summed E-state index contributed by atoms with van der Waals surface area (Å²) in [6.07, 6.45) is 1.41. The highest BCUT2D eigenvalue weighted by molar-refractivity contribution is 6.06. The van der Waals surface area contributed by atoms with Crippen molar-refractivity contribution in [3.63, 3.8) is 0 Å². The van der Waals surface area contributed by atoms with Crippen molar-refractivity contribution in [3.05, 3.63) is 70.1 Å². The smallest absolute Gasteiger partial charge is 0.273 e. The summed E-state index contributed by atoms with van der Waals surface area (Å²) in [6, 6.07) is 11.2. The molecule has 23 heavy (non-hydrogen) atoms. The summed E-state index contributed by atoms with van der Waals surface area (Å²) in [4.78, 5) is 41.0. The van der Waals surface area contributed by atoms with E-state index in [0.29, 0.717) is 0 Å². The van der Waals surface area contributed by atoms with Crippen molar-refractivity contribution < 1.29 is 14.7 Å². The van der Waals surface area contributed by atoms with E-state index in [1.165, 1.54) is 12.3 Å². The number of hydrogen-bond acceptors (Lipinski definition) is 5. The number of aromatic hydroxyl groups is 1. The summed E-state index contributed by atoms with van der Waals surface area (Å²) in [7, 11) is 0. The first kappa shape index (κ1) is 14.6. The molecular formula is C17H12N2O4. The summed E-state index contributed by atoms with van der Waals surface area (Å²) in [5.74, 6) is -1.68. The van der Waals surface area contributed by atoms with Crippen molar-refractivity contribution in [3.8, 4) is 5.75 Å². The zero-order valence-corrected chi connectivity index (χ0v) is 12.2. The molecule has 0 unspecified atom stereocenters. The largest absolute Gasteiger partial charge is 0.506 e. The number of carbonyl (C=O) groups excluding carboxylic acids is 2.